The van der Waals surface area contributed by atoms with Crippen LogP contribution in [0.15, 0.2) is 0 Å². The minimum Gasteiger partial charge on any atom is -0.357 e. The van der Waals surface area contributed by atoms with E-state index in [0.717, 1.165) is 25.5 Å². The van der Waals surface area contributed by atoms with Crippen molar-refractivity contribution in [3.63, 3.8) is 0 Å². The van der Waals surface area contributed by atoms with Gasteiger partial charge in [-0.2, -0.15) is 0 Å². The van der Waals surface area contributed by atoms with Crippen molar-refractivity contribution in [1.82, 2.24) is 10.2 Å². The Bertz CT molecular complexity index is 132. The number of nitrogens with zero attached hydrogens (tertiary/aromatic N) is 1. The molecule has 70 valence electrons. The van der Waals surface area contributed by atoms with E-state index in [0.29, 0.717) is 0 Å². The summed E-state index contributed by atoms with van der Waals surface area (Å²) in [5, 5.41) is 2.68. The highest BCUT2D eigenvalue weighted by Gasteiger charge is 2.18. The summed E-state index contributed by atoms with van der Waals surface area (Å²) in [7, 11) is 2.14. The SMILES string of the molecule is CN(CCNC=O)C1CCCC1. The van der Waals surface area contributed by atoms with Crippen LogP contribution >= 0.6 is 0 Å². The summed E-state index contributed by atoms with van der Waals surface area (Å²) in [5.41, 5.74) is 0. The lowest BCUT2D eigenvalue weighted by Crippen LogP contribution is -2.35. The Labute approximate surface area is 74.1 Å². The van der Waals surface area contributed by atoms with Crippen molar-refractivity contribution in [2.75, 3.05) is 20.1 Å². The molecule has 0 atom stereocenters. The minimum atomic E-state index is 0.762. The zero-order valence-corrected chi connectivity index (χ0v) is 7.75. The first-order valence-corrected chi connectivity index (χ1v) is 4.72. The van der Waals surface area contributed by atoms with Gasteiger partial charge in [0.1, 0.15) is 0 Å². The van der Waals surface area contributed by atoms with Gasteiger partial charge in [0, 0.05) is 19.1 Å². The second-order valence-electron chi connectivity index (χ2n) is 3.49. The minimum absolute atomic E-state index is 0.762. The van der Waals surface area contributed by atoms with Crippen LogP contribution in [0.2, 0.25) is 0 Å². The van der Waals surface area contributed by atoms with E-state index in [-0.39, 0.29) is 0 Å². The number of carbonyl (C=O) groups is 1. The standard InChI is InChI=1S/C9H18N2O/c1-11(7-6-10-8-12)9-4-2-3-5-9/h8-9H,2-7H2,1H3,(H,10,12). The van der Waals surface area contributed by atoms with Gasteiger partial charge >= 0.3 is 0 Å². The van der Waals surface area contributed by atoms with E-state index in [2.05, 4.69) is 17.3 Å². The fourth-order valence-electron chi connectivity index (χ4n) is 1.83. The summed E-state index contributed by atoms with van der Waals surface area (Å²) in [4.78, 5) is 12.3. The van der Waals surface area contributed by atoms with Crippen LogP contribution < -0.4 is 5.32 Å². The summed E-state index contributed by atoms with van der Waals surface area (Å²) in [6.07, 6.45) is 6.17. The Kier molecular flexibility index (Phi) is 4.08. The van der Waals surface area contributed by atoms with Gasteiger partial charge in [-0.05, 0) is 19.9 Å². The van der Waals surface area contributed by atoms with Crippen LogP contribution in [0.1, 0.15) is 25.7 Å². The second kappa shape index (κ2) is 5.14. The maximum absolute atomic E-state index is 9.98. The Balaban J connectivity index is 2.09. The van der Waals surface area contributed by atoms with Crippen molar-refractivity contribution in [3.8, 4) is 0 Å². The normalized spacial score (nSPS) is 18.5. The van der Waals surface area contributed by atoms with Crippen LogP contribution in [-0.2, 0) is 4.79 Å². The van der Waals surface area contributed by atoms with Crippen molar-refractivity contribution in [3.05, 3.63) is 0 Å². The van der Waals surface area contributed by atoms with E-state index in [9.17, 15) is 4.79 Å². The maximum Gasteiger partial charge on any atom is 0.207 e. The molecule has 0 unspecified atom stereocenters. The second-order valence-corrected chi connectivity index (χ2v) is 3.49. The average molecular weight is 170 g/mol. The van der Waals surface area contributed by atoms with E-state index in [1.807, 2.05) is 0 Å². The van der Waals surface area contributed by atoms with Gasteiger partial charge in [0.05, 0.1) is 0 Å². The van der Waals surface area contributed by atoms with E-state index >= 15 is 0 Å². The first kappa shape index (κ1) is 9.52. The Hall–Kier alpha value is -0.570. The summed E-state index contributed by atoms with van der Waals surface area (Å²) in [5.74, 6) is 0. The number of hydrogen-bond acceptors (Lipinski definition) is 2. The molecule has 3 heteroatoms. The molecule has 1 saturated carbocycles. The zero-order valence-electron chi connectivity index (χ0n) is 7.75. The van der Waals surface area contributed by atoms with Crippen molar-refractivity contribution in [2.24, 2.45) is 0 Å². The third-order valence-corrected chi connectivity index (χ3v) is 2.64. The molecule has 1 N–H and O–H groups in total. The molecule has 0 aromatic rings. The highest BCUT2D eigenvalue weighted by Crippen LogP contribution is 2.21. The quantitative estimate of drug-likeness (QED) is 0.484. The summed E-state index contributed by atoms with van der Waals surface area (Å²) in [6.45, 7) is 1.75. The smallest absolute Gasteiger partial charge is 0.207 e. The Morgan fingerprint density at radius 3 is 2.75 bits per heavy atom. The summed E-state index contributed by atoms with van der Waals surface area (Å²) in [6, 6.07) is 0.762. The van der Waals surface area contributed by atoms with Crippen LogP contribution in [0.25, 0.3) is 0 Å². The molecule has 12 heavy (non-hydrogen) atoms. The average Bonchev–Trinajstić information content (AvgIpc) is 2.56. The molecule has 0 radical (unpaired) electrons. The van der Waals surface area contributed by atoms with Crippen LogP contribution in [0.5, 0.6) is 0 Å². The van der Waals surface area contributed by atoms with Crippen molar-refractivity contribution in [2.45, 2.75) is 31.7 Å². The summed E-state index contributed by atoms with van der Waals surface area (Å²) < 4.78 is 0. The van der Waals surface area contributed by atoms with Crippen molar-refractivity contribution >= 4 is 6.41 Å². The molecule has 1 rings (SSSR count). The number of carbonyl (C=O) groups excluding carboxylic acids is 1. The molecule has 0 bridgehead atoms. The molecule has 0 heterocycles. The molecule has 0 aromatic carbocycles. The first-order valence-electron chi connectivity index (χ1n) is 4.72. The fourth-order valence-corrected chi connectivity index (χ4v) is 1.83. The van der Waals surface area contributed by atoms with Gasteiger partial charge < -0.3 is 10.2 Å². The van der Waals surface area contributed by atoms with Crippen LogP contribution in [0.4, 0.5) is 0 Å². The van der Waals surface area contributed by atoms with Crippen LogP contribution in [-0.4, -0.2) is 37.5 Å². The lowest BCUT2D eigenvalue weighted by Gasteiger charge is -2.23. The first-order chi connectivity index (χ1) is 5.84. The molecule has 1 amide bonds. The predicted octanol–water partition coefficient (Wildman–Crippen LogP) is 0.607. The van der Waals surface area contributed by atoms with Gasteiger partial charge in [0.25, 0.3) is 0 Å². The van der Waals surface area contributed by atoms with E-state index in [1.54, 1.807) is 0 Å². The molecular weight excluding hydrogens is 152 g/mol. The van der Waals surface area contributed by atoms with Crippen molar-refractivity contribution in [1.29, 1.82) is 0 Å². The third-order valence-electron chi connectivity index (χ3n) is 2.64. The molecule has 0 spiro atoms. The number of hydrogen-bond donors (Lipinski definition) is 1. The highest BCUT2D eigenvalue weighted by molar-refractivity contribution is 5.45. The Morgan fingerprint density at radius 2 is 2.17 bits per heavy atom. The molecule has 1 aliphatic rings. The Morgan fingerprint density at radius 1 is 1.50 bits per heavy atom. The molecule has 0 saturated heterocycles. The molecular formula is C9H18N2O. The lowest BCUT2D eigenvalue weighted by atomic mass is 10.2. The third kappa shape index (κ3) is 2.81. The molecule has 3 nitrogen and oxygen atoms in total. The van der Waals surface area contributed by atoms with Gasteiger partial charge in [-0.3, -0.25) is 4.79 Å². The zero-order chi connectivity index (χ0) is 8.81. The van der Waals surface area contributed by atoms with Crippen LogP contribution in [0, 0.1) is 0 Å². The largest absolute Gasteiger partial charge is 0.357 e. The van der Waals surface area contributed by atoms with E-state index in [1.165, 1.54) is 25.7 Å². The van der Waals surface area contributed by atoms with E-state index in [4.69, 9.17) is 0 Å². The highest BCUT2D eigenvalue weighted by atomic mass is 16.1. The number of rotatable bonds is 5. The molecule has 1 aliphatic carbocycles. The monoisotopic (exact) mass is 170 g/mol. The molecule has 0 aliphatic heterocycles. The molecule has 0 aromatic heterocycles. The van der Waals surface area contributed by atoms with Gasteiger partial charge in [0.15, 0.2) is 0 Å². The van der Waals surface area contributed by atoms with Gasteiger partial charge in [-0.15, -0.1) is 0 Å². The van der Waals surface area contributed by atoms with E-state index < -0.39 is 0 Å². The lowest BCUT2D eigenvalue weighted by molar-refractivity contribution is -0.109. The van der Waals surface area contributed by atoms with Crippen LogP contribution in [0.3, 0.4) is 0 Å². The van der Waals surface area contributed by atoms with Crippen molar-refractivity contribution < 1.29 is 4.79 Å². The number of amides is 1. The molecule has 1 fully saturated rings. The number of likely N-dealkylation sites (N-methyl/N-ethyl adjacent to an activating group) is 1. The van der Waals surface area contributed by atoms with Gasteiger partial charge in [-0.1, -0.05) is 12.8 Å². The number of nitrogens with one attached hydrogen (secondary N) is 1. The predicted molar refractivity (Wildman–Crippen MR) is 49.0 cm³/mol. The topological polar surface area (TPSA) is 32.3 Å². The fraction of sp³-hybridized carbons (Fsp3) is 0.889. The summed E-state index contributed by atoms with van der Waals surface area (Å²) >= 11 is 0. The van der Waals surface area contributed by atoms with Gasteiger partial charge in [-0.25, -0.2) is 0 Å². The maximum atomic E-state index is 9.98. The van der Waals surface area contributed by atoms with Gasteiger partial charge in [0.2, 0.25) is 6.41 Å².